The third-order valence-electron chi connectivity index (χ3n) is 3.77. The quantitative estimate of drug-likeness (QED) is 0.769. The number of nitrogens with zero attached hydrogens (tertiary/aromatic N) is 1. The molecule has 0 radical (unpaired) electrons. The number of likely N-dealkylation sites (tertiary alicyclic amines) is 1. The van der Waals surface area contributed by atoms with Gasteiger partial charge in [0.2, 0.25) is 0 Å². The maximum absolute atomic E-state index is 5.62. The lowest BCUT2D eigenvalue weighted by molar-refractivity contribution is 0.0572. The second-order valence-corrected chi connectivity index (χ2v) is 4.85. The zero-order valence-corrected chi connectivity index (χ0v) is 11.3. The summed E-state index contributed by atoms with van der Waals surface area (Å²) in [6.07, 6.45) is 2.53. The second-order valence-electron chi connectivity index (χ2n) is 4.85. The van der Waals surface area contributed by atoms with Crippen LogP contribution in [0.5, 0.6) is 0 Å². The lowest BCUT2D eigenvalue weighted by Crippen LogP contribution is -2.39. The molecular formula is C15H23NO2. The molecule has 3 nitrogen and oxygen atoms in total. The summed E-state index contributed by atoms with van der Waals surface area (Å²) in [5.41, 5.74) is 1.38. The van der Waals surface area contributed by atoms with Gasteiger partial charge >= 0.3 is 0 Å². The Hall–Kier alpha value is -0.900. The first-order valence-corrected chi connectivity index (χ1v) is 6.65. The zero-order chi connectivity index (χ0) is 12.8. The largest absolute Gasteiger partial charge is 0.383 e. The molecule has 18 heavy (non-hydrogen) atoms. The maximum atomic E-state index is 5.62. The molecule has 1 aromatic carbocycles. The number of ether oxygens (including phenoxy) is 2. The first-order chi connectivity index (χ1) is 8.85. The molecule has 0 saturated carbocycles. The highest BCUT2D eigenvalue weighted by Crippen LogP contribution is 2.23. The van der Waals surface area contributed by atoms with Crippen LogP contribution in [0.15, 0.2) is 30.3 Å². The van der Waals surface area contributed by atoms with Gasteiger partial charge in [-0.2, -0.15) is 0 Å². The van der Waals surface area contributed by atoms with E-state index in [0.717, 1.165) is 32.5 Å². The molecule has 1 fully saturated rings. The van der Waals surface area contributed by atoms with E-state index < -0.39 is 0 Å². The summed E-state index contributed by atoms with van der Waals surface area (Å²) in [7, 11) is 3.58. The Labute approximate surface area is 110 Å². The first kappa shape index (κ1) is 13.5. The lowest BCUT2D eigenvalue weighted by Gasteiger charge is -2.27. The fourth-order valence-corrected chi connectivity index (χ4v) is 2.76. The predicted octanol–water partition coefficient (Wildman–Crippen LogP) is 1.96. The van der Waals surface area contributed by atoms with Gasteiger partial charge in [0.1, 0.15) is 0 Å². The summed E-state index contributed by atoms with van der Waals surface area (Å²) in [6, 6.07) is 11.1. The molecule has 100 valence electrons. The molecule has 0 bridgehead atoms. The van der Waals surface area contributed by atoms with Crippen molar-refractivity contribution < 1.29 is 9.47 Å². The van der Waals surface area contributed by atoms with E-state index in [0.29, 0.717) is 12.1 Å². The van der Waals surface area contributed by atoms with Crippen molar-refractivity contribution in [3.8, 4) is 0 Å². The highest BCUT2D eigenvalue weighted by Gasteiger charge is 2.33. The van der Waals surface area contributed by atoms with Gasteiger partial charge in [-0.25, -0.2) is 0 Å². The summed E-state index contributed by atoms with van der Waals surface area (Å²) in [5, 5.41) is 0. The van der Waals surface area contributed by atoms with Crippen molar-refractivity contribution in [2.24, 2.45) is 0 Å². The summed E-state index contributed by atoms with van der Waals surface area (Å²) in [6.45, 7) is 2.90. The van der Waals surface area contributed by atoms with Crippen LogP contribution in [0.1, 0.15) is 12.0 Å². The molecule has 0 amide bonds. The molecular weight excluding hydrogens is 226 g/mol. The third kappa shape index (κ3) is 3.31. The van der Waals surface area contributed by atoms with Gasteiger partial charge in [0.25, 0.3) is 0 Å². The van der Waals surface area contributed by atoms with Crippen molar-refractivity contribution in [3.63, 3.8) is 0 Å². The molecule has 1 aliphatic rings. The normalized spacial score (nSPS) is 24.6. The SMILES string of the molecule is COCCN1CC[C@H](OC)[C@@H]1Cc1ccccc1. The van der Waals surface area contributed by atoms with Crippen molar-refractivity contribution in [1.29, 1.82) is 0 Å². The molecule has 0 aliphatic carbocycles. The summed E-state index contributed by atoms with van der Waals surface area (Å²) in [4.78, 5) is 2.49. The Morgan fingerprint density at radius 2 is 2.00 bits per heavy atom. The van der Waals surface area contributed by atoms with E-state index in [2.05, 4.69) is 35.2 Å². The summed E-state index contributed by atoms with van der Waals surface area (Å²) >= 11 is 0. The Morgan fingerprint density at radius 1 is 1.22 bits per heavy atom. The average Bonchev–Trinajstić information content (AvgIpc) is 2.80. The molecule has 1 aromatic rings. The van der Waals surface area contributed by atoms with Gasteiger partial charge in [-0.15, -0.1) is 0 Å². The maximum Gasteiger partial charge on any atom is 0.0741 e. The minimum absolute atomic E-state index is 0.349. The van der Waals surface area contributed by atoms with Crippen LogP contribution in [0.2, 0.25) is 0 Å². The minimum Gasteiger partial charge on any atom is -0.383 e. The van der Waals surface area contributed by atoms with E-state index in [1.54, 1.807) is 7.11 Å². The van der Waals surface area contributed by atoms with Gasteiger partial charge in [-0.1, -0.05) is 30.3 Å². The number of benzene rings is 1. The molecule has 0 N–H and O–H groups in total. The highest BCUT2D eigenvalue weighted by molar-refractivity contribution is 5.17. The van der Waals surface area contributed by atoms with Crippen LogP contribution in [0.3, 0.4) is 0 Å². The van der Waals surface area contributed by atoms with E-state index in [4.69, 9.17) is 9.47 Å². The molecule has 0 unspecified atom stereocenters. The standard InChI is InChI=1S/C15H23NO2/c1-17-11-10-16-9-8-15(18-2)14(16)12-13-6-4-3-5-7-13/h3-7,14-15H,8-12H2,1-2H3/t14-,15-/m0/s1. The smallest absolute Gasteiger partial charge is 0.0741 e. The fraction of sp³-hybridized carbons (Fsp3) is 0.600. The molecule has 1 saturated heterocycles. The monoisotopic (exact) mass is 249 g/mol. The fourth-order valence-electron chi connectivity index (χ4n) is 2.76. The van der Waals surface area contributed by atoms with Crippen LogP contribution in [-0.2, 0) is 15.9 Å². The molecule has 3 heteroatoms. The zero-order valence-electron chi connectivity index (χ0n) is 11.3. The van der Waals surface area contributed by atoms with Gasteiger partial charge in [-0.3, -0.25) is 4.90 Å². The number of hydrogen-bond donors (Lipinski definition) is 0. The van der Waals surface area contributed by atoms with E-state index >= 15 is 0 Å². The first-order valence-electron chi connectivity index (χ1n) is 6.65. The minimum atomic E-state index is 0.349. The molecule has 1 heterocycles. The van der Waals surface area contributed by atoms with Gasteiger partial charge in [-0.05, 0) is 18.4 Å². The van der Waals surface area contributed by atoms with Gasteiger partial charge < -0.3 is 9.47 Å². The average molecular weight is 249 g/mol. The second kappa shape index (κ2) is 6.88. The molecule has 1 aliphatic heterocycles. The van der Waals surface area contributed by atoms with Gasteiger partial charge in [0.15, 0.2) is 0 Å². The highest BCUT2D eigenvalue weighted by atomic mass is 16.5. The summed E-state index contributed by atoms with van der Waals surface area (Å²) in [5.74, 6) is 0. The van der Waals surface area contributed by atoms with Gasteiger partial charge in [0.05, 0.1) is 12.7 Å². The number of hydrogen-bond acceptors (Lipinski definition) is 3. The number of methoxy groups -OCH3 is 2. The van der Waals surface area contributed by atoms with Gasteiger partial charge in [0, 0.05) is 33.4 Å². The van der Waals surface area contributed by atoms with E-state index in [1.165, 1.54) is 5.56 Å². The van der Waals surface area contributed by atoms with Crippen LogP contribution >= 0.6 is 0 Å². The third-order valence-corrected chi connectivity index (χ3v) is 3.77. The molecule has 2 atom stereocenters. The van der Waals surface area contributed by atoms with Crippen LogP contribution in [0.25, 0.3) is 0 Å². The van der Waals surface area contributed by atoms with Crippen LogP contribution < -0.4 is 0 Å². The van der Waals surface area contributed by atoms with Crippen molar-refractivity contribution in [2.45, 2.75) is 25.0 Å². The van der Waals surface area contributed by atoms with E-state index in [1.807, 2.05) is 7.11 Å². The van der Waals surface area contributed by atoms with Crippen molar-refractivity contribution in [1.82, 2.24) is 4.90 Å². The van der Waals surface area contributed by atoms with Crippen molar-refractivity contribution in [3.05, 3.63) is 35.9 Å². The van der Waals surface area contributed by atoms with Crippen molar-refractivity contribution >= 4 is 0 Å². The predicted molar refractivity (Wildman–Crippen MR) is 72.8 cm³/mol. The lowest BCUT2D eigenvalue weighted by atomic mass is 10.0. The topological polar surface area (TPSA) is 21.7 Å². The van der Waals surface area contributed by atoms with Crippen molar-refractivity contribution in [2.75, 3.05) is 33.9 Å². The Kier molecular flexibility index (Phi) is 5.17. The van der Waals surface area contributed by atoms with Crippen LogP contribution in [-0.4, -0.2) is 51.0 Å². The van der Waals surface area contributed by atoms with E-state index in [-0.39, 0.29) is 0 Å². The van der Waals surface area contributed by atoms with Crippen LogP contribution in [0.4, 0.5) is 0 Å². The van der Waals surface area contributed by atoms with E-state index in [9.17, 15) is 0 Å². The molecule has 0 spiro atoms. The summed E-state index contributed by atoms with van der Waals surface area (Å²) < 4.78 is 10.8. The van der Waals surface area contributed by atoms with Crippen LogP contribution in [0, 0.1) is 0 Å². The molecule has 0 aromatic heterocycles. The Balaban J connectivity index is 2.00. The number of rotatable bonds is 6. The Morgan fingerprint density at radius 3 is 2.67 bits per heavy atom. The Bertz CT molecular complexity index is 342. The molecule has 2 rings (SSSR count).